The van der Waals surface area contributed by atoms with E-state index in [-0.39, 0.29) is 69.1 Å². The fraction of sp³-hybridized carbons (Fsp3) is 0.137. The average Bonchev–Trinajstić information content (AvgIpc) is 1.55. The van der Waals surface area contributed by atoms with Gasteiger partial charge in [0, 0.05) is 77.2 Å². The number of Topliss-reactive ketones (excluding diaryl/α,β-unsaturated/α-hetero) is 1. The lowest BCUT2D eigenvalue weighted by Gasteiger charge is -2.12. The molecule has 0 bridgehead atoms. The van der Waals surface area contributed by atoms with Gasteiger partial charge in [-0.25, -0.2) is 29.4 Å². The van der Waals surface area contributed by atoms with Crippen LogP contribution in [0.5, 0.6) is 11.5 Å². The fourth-order valence-electron chi connectivity index (χ4n) is 12.7. The largest absolute Gasteiger partial charge is 0.493 e. The van der Waals surface area contributed by atoms with Gasteiger partial charge in [-0.05, 0) is 144 Å². The summed E-state index contributed by atoms with van der Waals surface area (Å²) >= 11 is 22.5. The summed E-state index contributed by atoms with van der Waals surface area (Å²) in [6.07, 6.45) is -9.12. The normalized spacial score (nSPS) is 10.7. The van der Waals surface area contributed by atoms with Crippen molar-refractivity contribution in [2.45, 2.75) is 83.4 Å². The summed E-state index contributed by atoms with van der Waals surface area (Å²) in [5, 5.41) is 32.5. The first-order valence-corrected chi connectivity index (χ1v) is 44.0. The number of benzene rings is 11. The molecular formula is C102H86BrCl3F6N8O14S2. The molecule has 16 rings (SSSR count). The first-order chi connectivity index (χ1) is 63.8. The molecule has 0 radical (unpaired) electrons. The summed E-state index contributed by atoms with van der Waals surface area (Å²) < 4.78 is 101. The maximum atomic E-state index is 13.0. The number of carbonyl (C=O) groups excluding carboxylic acids is 1. The number of ketones is 1. The Hall–Kier alpha value is -14.2. The van der Waals surface area contributed by atoms with Gasteiger partial charge in [0.2, 0.25) is 11.8 Å². The number of thioether (sulfide) groups is 2. The van der Waals surface area contributed by atoms with Crippen LogP contribution in [0.4, 0.5) is 26.3 Å². The van der Waals surface area contributed by atoms with Crippen LogP contribution in [-0.4, -0.2) is 97.7 Å². The zero-order valence-electron chi connectivity index (χ0n) is 69.6. The van der Waals surface area contributed by atoms with Gasteiger partial charge in [0.1, 0.15) is 22.9 Å². The molecule has 0 aliphatic heterocycles. The van der Waals surface area contributed by atoms with E-state index in [4.69, 9.17) is 78.4 Å². The second kappa shape index (κ2) is 50.2. The lowest BCUT2D eigenvalue weighted by Crippen LogP contribution is -2.27. The second-order valence-corrected chi connectivity index (χ2v) is 32.8. The number of hydrogen-bond donors (Lipinski definition) is 5. The number of carboxylic acid groups (broad SMARTS) is 3. The highest BCUT2D eigenvalue weighted by Crippen LogP contribution is 2.42. The van der Waals surface area contributed by atoms with E-state index in [9.17, 15) is 59.9 Å². The quantitative estimate of drug-likeness (QED) is 0.0105. The minimum atomic E-state index is -4.72. The highest BCUT2D eigenvalue weighted by Gasteiger charge is 2.35. The maximum Gasteiger partial charge on any atom is 0.433 e. The van der Waals surface area contributed by atoms with Crippen LogP contribution in [0.15, 0.2) is 341 Å². The van der Waals surface area contributed by atoms with Crippen molar-refractivity contribution in [3.05, 3.63) is 393 Å². The molecule has 34 heteroatoms. The Morgan fingerprint density at radius 3 is 1.46 bits per heavy atom. The van der Waals surface area contributed by atoms with E-state index in [0.717, 1.165) is 101 Å². The van der Waals surface area contributed by atoms with Crippen molar-refractivity contribution in [2.75, 3.05) is 19.0 Å². The van der Waals surface area contributed by atoms with E-state index < -0.39 is 59.4 Å². The molecule has 5 aromatic heterocycles. The average molecular weight is 2010 g/mol. The van der Waals surface area contributed by atoms with Crippen LogP contribution in [0.2, 0.25) is 15.1 Å². The predicted octanol–water partition coefficient (Wildman–Crippen LogP) is 26.1. The molecule has 136 heavy (non-hydrogen) atoms. The third-order valence-corrected chi connectivity index (χ3v) is 22.0. The van der Waals surface area contributed by atoms with Crippen molar-refractivity contribution in [1.29, 1.82) is 0 Å². The standard InChI is InChI=1S/C29H21NO4.C25H21NO4.C20H16BrClN2O3.C13H8ClF3N2O2S.C12H8ClF3N2OS.3CH4/c31-26(32)19-33-23-15-9-14-22(18-23)24-16-7-8-17-25(24)29-30-27(20-10-3-1-4-11-20)28(34-29)21-12-5-2-6-13-21;27-22(28)16-9-17-29-21-15-8-7-14-20(21)25-26-23(18-10-3-1-4-11-18)24(30-25)19-12-5-2-6-13-19;1-12-8-16(22)7-4-14(12)11-24-20(27)18(9-17(23-24)10-19(25)26)13-2-5-15(21)6-3-13;14-8-3-1-7(2-4-8)9(20)6-22-12-18-10(13(15,16)17)5-11(21)19-12;13-8-3-1-7(2-4-8)6-20-11-17-9(12(14,15)16)5-10(19)18-11;;;/h1-18H,19H2,(H,31,32);1-8,10-15H,9,16-17H2,(H,27,28);2-9H,10-11H2,1H3,(H,25,26);1-5H,6H2,(H,18,19,21);1-5H,6H2,(H,17,18,19);3*1H4. The number of aryl methyl sites for hydroxylation is 1. The third kappa shape index (κ3) is 30.7. The van der Waals surface area contributed by atoms with Gasteiger partial charge < -0.3 is 43.6 Å². The van der Waals surface area contributed by atoms with Gasteiger partial charge >= 0.3 is 30.3 Å². The van der Waals surface area contributed by atoms with E-state index in [0.29, 0.717) is 103 Å². The Labute approximate surface area is 808 Å². The number of H-pyrrole nitrogens is 2. The monoisotopic (exact) mass is 2010 g/mol. The Balaban J connectivity index is 0.000000192. The number of rotatable bonds is 27. The van der Waals surface area contributed by atoms with Gasteiger partial charge in [-0.15, -0.1) is 0 Å². The second-order valence-electron chi connectivity index (χ2n) is 28.6. The molecular weight excluding hydrogens is 1930 g/mol. The van der Waals surface area contributed by atoms with Crippen LogP contribution < -0.4 is 26.2 Å². The number of aliphatic carboxylic acids is 3. The molecule has 0 saturated heterocycles. The van der Waals surface area contributed by atoms with Crippen molar-refractivity contribution < 1.29 is 79.1 Å². The lowest BCUT2D eigenvalue weighted by atomic mass is 9.99. The van der Waals surface area contributed by atoms with E-state index in [1.165, 1.54) is 28.9 Å². The lowest BCUT2D eigenvalue weighted by molar-refractivity contribution is -0.142. The number of carboxylic acids is 3. The van der Waals surface area contributed by atoms with Gasteiger partial charge in [0.15, 0.2) is 45.6 Å². The molecule has 0 fully saturated rings. The highest BCUT2D eigenvalue weighted by molar-refractivity contribution is 9.10. The summed E-state index contributed by atoms with van der Waals surface area (Å²) in [6.45, 7) is 2.05. The van der Waals surface area contributed by atoms with Crippen LogP contribution in [0, 0.1) is 6.92 Å². The number of para-hydroxylation sites is 1. The molecule has 700 valence electrons. The number of aromatic amines is 2. The number of carbonyl (C=O) groups is 4. The molecule has 5 heterocycles. The van der Waals surface area contributed by atoms with Crippen LogP contribution in [0.25, 0.3) is 90.3 Å². The van der Waals surface area contributed by atoms with Gasteiger partial charge in [0.05, 0.1) is 42.1 Å². The van der Waals surface area contributed by atoms with Crippen LogP contribution in [0.1, 0.15) is 79.3 Å². The first kappa shape index (κ1) is 105. The van der Waals surface area contributed by atoms with Gasteiger partial charge in [-0.2, -0.15) is 31.4 Å². The molecule has 22 nitrogen and oxygen atoms in total. The Morgan fingerprint density at radius 2 is 0.949 bits per heavy atom. The number of hydrogen-bond acceptors (Lipinski definition) is 18. The molecule has 5 N–H and O–H groups in total. The Kier molecular flexibility index (Phi) is 38.9. The number of nitrogens with one attached hydrogen (secondary N) is 2. The van der Waals surface area contributed by atoms with Crippen molar-refractivity contribution in [3.63, 3.8) is 0 Å². The summed E-state index contributed by atoms with van der Waals surface area (Å²) in [7, 11) is 0. The molecule has 0 amide bonds. The minimum Gasteiger partial charge on any atom is -0.493 e. The van der Waals surface area contributed by atoms with Gasteiger partial charge in [0.25, 0.3) is 16.7 Å². The summed E-state index contributed by atoms with van der Waals surface area (Å²) in [6, 6.07) is 90.4. The number of nitrogens with zero attached hydrogens (tertiary/aromatic N) is 6. The van der Waals surface area contributed by atoms with E-state index in [1.807, 2.05) is 231 Å². The van der Waals surface area contributed by atoms with Crippen molar-refractivity contribution in [2.24, 2.45) is 0 Å². The van der Waals surface area contributed by atoms with Crippen LogP contribution in [0.3, 0.4) is 0 Å². The highest BCUT2D eigenvalue weighted by atomic mass is 79.9. The molecule has 0 spiro atoms. The number of aromatic nitrogens is 8. The maximum absolute atomic E-state index is 13.0. The van der Waals surface area contributed by atoms with Crippen molar-refractivity contribution in [1.82, 2.24) is 39.7 Å². The number of alkyl halides is 6. The van der Waals surface area contributed by atoms with Crippen LogP contribution >= 0.6 is 74.3 Å². The topological polar surface area (TPSA) is 326 Å². The zero-order valence-corrected chi connectivity index (χ0v) is 75.1. The van der Waals surface area contributed by atoms with Crippen LogP contribution in [-0.2, 0) is 45.5 Å². The van der Waals surface area contributed by atoms with E-state index in [1.54, 1.807) is 42.5 Å². The molecule has 0 unspecified atom stereocenters. The molecule has 0 aliphatic rings. The zero-order chi connectivity index (χ0) is 94.7. The third-order valence-electron chi connectivity index (χ3n) is 18.9. The summed E-state index contributed by atoms with van der Waals surface area (Å²) in [5.41, 5.74) is 8.68. The van der Waals surface area contributed by atoms with Gasteiger partial charge in [-0.3, -0.25) is 28.8 Å². The SMILES string of the molecule is C.C.C.Cc1cc(Cl)ccc1Cn1nc(CC(=O)O)cc(-c2ccc(Br)cc2)c1=O.O=C(CSc1nc(C(F)(F)F)cc(=O)[nH]1)c1ccc(Cl)cc1.O=C(O)CCCOc1ccccc1-c1nc(-c2ccccc2)c(-c2ccccc2)o1.O=C(O)COc1cccc(-c2ccccc2-c2nc(-c3ccccc3)c(-c3ccccc3)o2)c1.O=c1cc(C(F)(F)F)nc(SCc2ccc(Cl)cc2)[nH]1. The Morgan fingerprint density at radius 1 is 0.471 bits per heavy atom. The van der Waals surface area contributed by atoms with E-state index >= 15 is 0 Å². The molecule has 0 atom stereocenters. The number of halogens is 10. The fourth-order valence-corrected chi connectivity index (χ4v) is 15.0. The molecule has 0 saturated carbocycles. The Bertz CT molecular complexity index is 6800. The number of oxazole rings is 2. The summed E-state index contributed by atoms with van der Waals surface area (Å²) in [4.78, 5) is 101. The first-order valence-electron chi connectivity index (χ1n) is 40.1. The number of ether oxygens (including phenoxy) is 2. The van der Waals surface area contributed by atoms with Crippen molar-refractivity contribution >= 4 is 97.9 Å². The smallest absolute Gasteiger partial charge is 0.433 e. The molecule has 16 aromatic rings. The van der Waals surface area contributed by atoms with Gasteiger partial charge in [-0.1, -0.05) is 291 Å². The summed E-state index contributed by atoms with van der Waals surface area (Å²) in [5.74, 6) is 0.499. The predicted molar refractivity (Wildman–Crippen MR) is 522 cm³/mol. The molecule has 11 aromatic carbocycles. The minimum absolute atomic E-state index is 0. The van der Waals surface area contributed by atoms with Crippen molar-refractivity contribution in [3.8, 4) is 102 Å². The molecule has 0 aliphatic carbocycles. The van der Waals surface area contributed by atoms with E-state index in [2.05, 4.69) is 41.0 Å².